The average Bonchev–Trinajstić information content (AvgIpc) is 3.00. The largest absolute Gasteiger partial charge is 0.453 e. The SMILES string of the molecule is NS(=O)(=O)c1ccc(-n2nc(C(F)(F)F)nc2-c2ccccc2F)nc1. The number of hydrogen-bond donors (Lipinski definition) is 1. The fraction of sp³-hybridized carbons (Fsp3) is 0.0714. The summed E-state index contributed by atoms with van der Waals surface area (Å²) in [5, 5.41) is 8.28. The zero-order valence-electron chi connectivity index (χ0n) is 12.6. The van der Waals surface area contributed by atoms with Gasteiger partial charge in [-0.3, -0.25) is 0 Å². The van der Waals surface area contributed by atoms with Gasteiger partial charge in [-0.1, -0.05) is 12.1 Å². The lowest BCUT2D eigenvalue weighted by Gasteiger charge is -2.06. The topological polar surface area (TPSA) is 104 Å². The van der Waals surface area contributed by atoms with Gasteiger partial charge < -0.3 is 0 Å². The highest BCUT2D eigenvalue weighted by atomic mass is 32.2. The molecule has 0 spiro atoms. The second-order valence-corrected chi connectivity index (χ2v) is 6.61. The number of rotatable bonds is 3. The summed E-state index contributed by atoms with van der Waals surface area (Å²) in [5.41, 5.74) is -0.229. The van der Waals surface area contributed by atoms with Crippen molar-refractivity contribution in [3.63, 3.8) is 0 Å². The predicted molar refractivity (Wildman–Crippen MR) is 80.9 cm³/mol. The van der Waals surface area contributed by atoms with Crippen molar-refractivity contribution in [2.45, 2.75) is 11.1 Å². The van der Waals surface area contributed by atoms with Gasteiger partial charge in [-0.25, -0.2) is 27.9 Å². The second kappa shape index (κ2) is 6.14. The third-order valence-corrected chi connectivity index (χ3v) is 4.14. The lowest BCUT2D eigenvalue weighted by molar-refractivity contribution is -0.144. The molecule has 0 saturated carbocycles. The Balaban J connectivity index is 2.20. The number of hydrogen-bond acceptors (Lipinski definition) is 5. The molecule has 0 amide bonds. The van der Waals surface area contributed by atoms with E-state index in [1.165, 1.54) is 18.2 Å². The lowest BCUT2D eigenvalue weighted by atomic mass is 10.2. The summed E-state index contributed by atoms with van der Waals surface area (Å²) < 4.78 is 76.2. The average molecular weight is 387 g/mol. The minimum absolute atomic E-state index is 0.196. The molecule has 0 aliphatic rings. The van der Waals surface area contributed by atoms with Crippen molar-refractivity contribution in [2.75, 3.05) is 0 Å². The molecular formula is C14H9F4N5O2S. The van der Waals surface area contributed by atoms with Gasteiger partial charge in [0.25, 0.3) is 5.82 Å². The number of pyridine rings is 1. The van der Waals surface area contributed by atoms with Crippen LogP contribution in [0, 0.1) is 5.82 Å². The first-order valence-electron chi connectivity index (χ1n) is 6.86. The van der Waals surface area contributed by atoms with Crippen LogP contribution in [0.15, 0.2) is 47.5 Å². The third kappa shape index (κ3) is 3.41. The zero-order valence-corrected chi connectivity index (χ0v) is 13.5. The molecule has 7 nitrogen and oxygen atoms in total. The van der Waals surface area contributed by atoms with Crippen LogP contribution in [-0.2, 0) is 16.2 Å². The standard InChI is InChI=1S/C14H9F4N5O2S/c15-10-4-2-1-3-9(10)12-21-13(14(16,17)18)22-23(12)11-6-5-8(7-20-11)26(19,24)25/h1-7H,(H2,19,24,25). The van der Waals surface area contributed by atoms with Crippen LogP contribution in [0.4, 0.5) is 17.6 Å². The molecule has 2 heterocycles. The van der Waals surface area contributed by atoms with Crippen LogP contribution in [-0.4, -0.2) is 28.2 Å². The summed E-state index contributed by atoms with van der Waals surface area (Å²) >= 11 is 0. The molecule has 0 bridgehead atoms. The number of primary sulfonamides is 1. The summed E-state index contributed by atoms with van der Waals surface area (Å²) in [6.45, 7) is 0. The van der Waals surface area contributed by atoms with E-state index < -0.39 is 33.7 Å². The Bertz CT molecular complexity index is 1060. The number of alkyl halides is 3. The molecule has 2 N–H and O–H groups in total. The Labute approximate surface area is 144 Å². The summed E-state index contributed by atoms with van der Waals surface area (Å²) in [6.07, 6.45) is -4.02. The van der Waals surface area contributed by atoms with Gasteiger partial charge in [0.2, 0.25) is 10.0 Å². The van der Waals surface area contributed by atoms with E-state index in [0.29, 0.717) is 4.68 Å². The molecule has 12 heteroatoms. The molecule has 0 radical (unpaired) electrons. The van der Waals surface area contributed by atoms with Gasteiger partial charge in [0.15, 0.2) is 11.6 Å². The molecule has 3 aromatic rings. The van der Waals surface area contributed by atoms with Crippen molar-refractivity contribution in [3.8, 4) is 17.2 Å². The molecule has 1 aromatic carbocycles. The minimum Gasteiger partial charge on any atom is -0.236 e. The molecular weight excluding hydrogens is 378 g/mol. The van der Waals surface area contributed by atoms with Crippen molar-refractivity contribution < 1.29 is 26.0 Å². The first kappa shape index (κ1) is 17.9. The molecule has 0 saturated heterocycles. The first-order chi connectivity index (χ1) is 12.1. The van der Waals surface area contributed by atoms with Crippen LogP contribution in [0.3, 0.4) is 0 Å². The predicted octanol–water partition coefficient (Wildman–Crippen LogP) is 2.13. The van der Waals surface area contributed by atoms with E-state index in [4.69, 9.17) is 5.14 Å². The van der Waals surface area contributed by atoms with Crippen molar-refractivity contribution >= 4 is 10.0 Å². The number of halogens is 4. The van der Waals surface area contributed by atoms with Gasteiger partial charge in [-0.05, 0) is 24.3 Å². The van der Waals surface area contributed by atoms with Crippen molar-refractivity contribution in [1.29, 1.82) is 0 Å². The van der Waals surface area contributed by atoms with Crippen LogP contribution in [0.5, 0.6) is 0 Å². The van der Waals surface area contributed by atoms with Crippen molar-refractivity contribution in [2.24, 2.45) is 5.14 Å². The van der Waals surface area contributed by atoms with Crippen LogP contribution < -0.4 is 5.14 Å². The molecule has 0 atom stereocenters. The molecule has 0 aliphatic carbocycles. The number of nitrogens with two attached hydrogens (primary N) is 1. The molecule has 0 fully saturated rings. The fourth-order valence-corrected chi connectivity index (χ4v) is 2.53. The number of aromatic nitrogens is 4. The van der Waals surface area contributed by atoms with Crippen LogP contribution in [0.25, 0.3) is 17.2 Å². The van der Waals surface area contributed by atoms with Gasteiger partial charge in [0.05, 0.1) is 5.56 Å². The minimum atomic E-state index is -4.87. The highest BCUT2D eigenvalue weighted by molar-refractivity contribution is 7.89. The van der Waals surface area contributed by atoms with Crippen molar-refractivity contribution in [3.05, 3.63) is 54.2 Å². The van der Waals surface area contributed by atoms with Gasteiger partial charge in [-0.15, -0.1) is 5.10 Å². The normalized spacial score (nSPS) is 12.3. The molecule has 136 valence electrons. The van der Waals surface area contributed by atoms with Gasteiger partial charge in [0, 0.05) is 6.20 Å². The summed E-state index contributed by atoms with van der Waals surface area (Å²) in [6, 6.07) is 7.19. The number of benzene rings is 1. The fourth-order valence-electron chi connectivity index (χ4n) is 2.07. The Kier molecular flexibility index (Phi) is 4.24. The Morgan fingerprint density at radius 3 is 2.31 bits per heavy atom. The van der Waals surface area contributed by atoms with Crippen molar-refractivity contribution in [1.82, 2.24) is 19.7 Å². The Morgan fingerprint density at radius 1 is 1.08 bits per heavy atom. The first-order valence-corrected chi connectivity index (χ1v) is 8.40. The summed E-state index contributed by atoms with van der Waals surface area (Å²) in [4.78, 5) is 6.76. The quantitative estimate of drug-likeness (QED) is 0.694. The zero-order chi connectivity index (χ0) is 19.1. The molecule has 26 heavy (non-hydrogen) atoms. The second-order valence-electron chi connectivity index (χ2n) is 5.05. The van der Waals surface area contributed by atoms with Crippen LogP contribution in [0.1, 0.15) is 5.82 Å². The summed E-state index contributed by atoms with van der Waals surface area (Å²) in [7, 11) is -4.04. The number of sulfonamides is 1. The van der Waals surface area contributed by atoms with E-state index >= 15 is 0 Å². The molecule has 0 aliphatic heterocycles. The maximum Gasteiger partial charge on any atom is 0.453 e. The third-order valence-electron chi connectivity index (χ3n) is 3.24. The van der Waals surface area contributed by atoms with E-state index in [1.54, 1.807) is 0 Å². The Hall–Kier alpha value is -2.86. The van der Waals surface area contributed by atoms with E-state index in [2.05, 4.69) is 15.1 Å². The highest BCUT2D eigenvalue weighted by Gasteiger charge is 2.38. The van der Waals surface area contributed by atoms with Gasteiger partial charge in [0.1, 0.15) is 10.7 Å². The molecule has 2 aromatic heterocycles. The van der Waals surface area contributed by atoms with Gasteiger partial charge in [-0.2, -0.15) is 17.9 Å². The van der Waals surface area contributed by atoms with Gasteiger partial charge >= 0.3 is 6.18 Å². The smallest absolute Gasteiger partial charge is 0.236 e. The summed E-state index contributed by atoms with van der Waals surface area (Å²) in [5.74, 6) is -2.94. The Morgan fingerprint density at radius 2 is 1.77 bits per heavy atom. The molecule has 0 unspecified atom stereocenters. The monoisotopic (exact) mass is 387 g/mol. The van der Waals surface area contributed by atoms with E-state index in [9.17, 15) is 26.0 Å². The maximum absolute atomic E-state index is 14.0. The number of nitrogens with zero attached hydrogens (tertiary/aromatic N) is 4. The highest BCUT2D eigenvalue weighted by Crippen LogP contribution is 2.30. The van der Waals surface area contributed by atoms with E-state index in [1.807, 2.05) is 0 Å². The van der Waals surface area contributed by atoms with E-state index in [0.717, 1.165) is 24.4 Å². The van der Waals surface area contributed by atoms with Crippen LogP contribution in [0.2, 0.25) is 0 Å². The van der Waals surface area contributed by atoms with E-state index in [-0.39, 0.29) is 16.3 Å². The lowest BCUT2D eigenvalue weighted by Crippen LogP contribution is -2.13. The van der Waals surface area contributed by atoms with Crippen LogP contribution >= 0.6 is 0 Å². The maximum atomic E-state index is 14.0. The molecule has 3 rings (SSSR count).